The smallest absolute Gasteiger partial charge is 0.321 e. The highest BCUT2D eigenvalue weighted by Gasteiger charge is 2.29. The maximum absolute atomic E-state index is 12.6. The van der Waals surface area contributed by atoms with Crippen molar-refractivity contribution in [2.45, 2.75) is 17.7 Å². The van der Waals surface area contributed by atoms with Gasteiger partial charge in [-0.2, -0.15) is 0 Å². The maximum Gasteiger partial charge on any atom is 0.321 e. The summed E-state index contributed by atoms with van der Waals surface area (Å²) < 4.78 is 25.9. The van der Waals surface area contributed by atoms with Crippen LogP contribution in [-0.2, 0) is 14.8 Å². The normalized spacial score (nSPS) is 17.7. The maximum atomic E-state index is 12.6. The Hall–Kier alpha value is -2.33. The van der Waals surface area contributed by atoms with Gasteiger partial charge in [-0.1, -0.05) is 0 Å². The van der Waals surface area contributed by atoms with Crippen LogP contribution in [0.15, 0.2) is 23.1 Å². The SMILES string of the molecule is CN(C)c1ccc(S(=O)(=O)N(C)C)cc1NC(=O)N1CCCC(C(=O)O)C1. The number of anilines is 2. The molecule has 0 saturated carbocycles. The second kappa shape index (κ2) is 8.13. The molecule has 9 nitrogen and oxygen atoms in total. The van der Waals surface area contributed by atoms with E-state index < -0.39 is 27.9 Å². The van der Waals surface area contributed by atoms with Crippen molar-refractivity contribution in [1.82, 2.24) is 9.21 Å². The molecule has 0 spiro atoms. The molecule has 1 aliphatic heterocycles. The fourth-order valence-electron chi connectivity index (χ4n) is 2.93. The van der Waals surface area contributed by atoms with Crippen LogP contribution < -0.4 is 10.2 Å². The van der Waals surface area contributed by atoms with Crippen molar-refractivity contribution in [2.75, 3.05) is 51.5 Å². The molecule has 1 aromatic rings. The van der Waals surface area contributed by atoms with Gasteiger partial charge < -0.3 is 20.2 Å². The fraction of sp³-hybridized carbons (Fsp3) is 0.529. The predicted molar refractivity (Wildman–Crippen MR) is 103 cm³/mol. The molecule has 2 rings (SSSR count). The van der Waals surface area contributed by atoms with E-state index in [1.54, 1.807) is 25.1 Å². The molecule has 0 bridgehead atoms. The van der Waals surface area contributed by atoms with Gasteiger partial charge in [-0.15, -0.1) is 0 Å². The molecule has 0 radical (unpaired) electrons. The number of urea groups is 1. The van der Waals surface area contributed by atoms with Crippen LogP contribution in [0.1, 0.15) is 12.8 Å². The van der Waals surface area contributed by atoms with Crippen molar-refractivity contribution < 1.29 is 23.1 Å². The highest BCUT2D eigenvalue weighted by atomic mass is 32.2. The third-order valence-electron chi connectivity index (χ3n) is 4.53. The van der Waals surface area contributed by atoms with Crippen molar-refractivity contribution in [1.29, 1.82) is 0 Å². The van der Waals surface area contributed by atoms with Gasteiger partial charge in [0.2, 0.25) is 10.0 Å². The molecule has 0 aromatic heterocycles. The molecule has 27 heavy (non-hydrogen) atoms. The van der Waals surface area contributed by atoms with Crippen LogP contribution in [0, 0.1) is 5.92 Å². The van der Waals surface area contributed by atoms with Crippen LogP contribution in [0.25, 0.3) is 0 Å². The Morgan fingerprint density at radius 3 is 2.44 bits per heavy atom. The lowest BCUT2D eigenvalue weighted by Crippen LogP contribution is -2.44. The highest BCUT2D eigenvalue weighted by Crippen LogP contribution is 2.29. The summed E-state index contributed by atoms with van der Waals surface area (Å²) in [5.41, 5.74) is 0.998. The summed E-state index contributed by atoms with van der Waals surface area (Å²) in [5, 5.41) is 11.9. The van der Waals surface area contributed by atoms with E-state index in [0.29, 0.717) is 30.8 Å². The van der Waals surface area contributed by atoms with Crippen molar-refractivity contribution in [3.05, 3.63) is 18.2 Å². The molecule has 2 amide bonds. The molecular formula is C17H26N4O5S. The summed E-state index contributed by atoms with van der Waals surface area (Å²) in [6.45, 7) is 0.594. The largest absolute Gasteiger partial charge is 0.481 e. The molecule has 1 unspecified atom stereocenters. The van der Waals surface area contributed by atoms with Crippen LogP contribution in [-0.4, -0.2) is 76.0 Å². The van der Waals surface area contributed by atoms with Crippen LogP contribution in [0.5, 0.6) is 0 Å². The second-order valence-corrected chi connectivity index (χ2v) is 9.07. The molecule has 1 heterocycles. The number of nitrogens with one attached hydrogen (secondary N) is 1. The highest BCUT2D eigenvalue weighted by molar-refractivity contribution is 7.89. The molecule has 1 atom stereocenters. The van der Waals surface area contributed by atoms with Gasteiger partial charge in [0.1, 0.15) is 0 Å². The zero-order valence-electron chi connectivity index (χ0n) is 16.0. The zero-order chi connectivity index (χ0) is 20.4. The number of rotatable bonds is 5. The quantitative estimate of drug-likeness (QED) is 0.774. The van der Waals surface area contributed by atoms with Gasteiger partial charge in [-0.25, -0.2) is 17.5 Å². The first-order chi connectivity index (χ1) is 12.5. The van der Waals surface area contributed by atoms with Gasteiger partial charge in [0.25, 0.3) is 0 Å². The van der Waals surface area contributed by atoms with E-state index in [9.17, 15) is 23.1 Å². The van der Waals surface area contributed by atoms with Gasteiger partial charge in [0.15, 0.2) is 0 Å². The molecule has 1 saturated heterocycles. The minimum atomic E-state index is -3.65. The molecule has 1 aliphatic rings. The standard InChI is InChI=1S/C17H26N4O5S/c1-19(2)15-8-7-13(27(25,26)20(3)4)10-14(15)18-17(24)21-9-5-6-12(11-21)16(22)23/h7-8,10,12H,5-6,9,11H2,1-4H3,(H,18,24)(H,22,23). The number of nitrogens with zero attached hydrogens (tertiary/aromatic N) is 3. The van der Waals surface area contributed by atoms with Crippen LogP contribution in [0.2, 0.25) is 0 Å². The summed E-state index contributed by atoms with van der Waals surface area (Å²) in [6, 6.07) is 4.09. The average molecular weight is 398 g/mol. The van der Waals surface area contributed by atoms with Crippen molar-refractivity contribution >= 4 is 33.4 Å². The summed E-state index contributed by atoms with van der Waals surface area (Å²) in [5.74, 6) is -1.50. The molecule has 10 heteroatoms. The number of hydrogen-bond donors (Lipinski definition) is 2. The van der Waals surface area contributed by atoms with E-state index in [4.69, 9.17) is 0 Å². The molecule has 150 valence electrons. The third kappa shape index (κ3) is 4.69. The van der Waals surface area contributed by atoms with Crippen molar-refractivity contribution in [3.63, 3.8) is 0 Å². The number of piperidine rings is 1. The lowest BCUT2D eigenvalue weighted by molar-refractivity contribution is -0.143. The second-order valence-electron chi connectivity index (χ2n) is 6.91. The van der Waals surface area contributed by atoms with Crippen molar-refractivity contribution in [3.8, 4) is 0 Å². The van der Waals surface area contributed by atoms with Gasteiger partial charge in [-0.05, 0) is 31.0 Å². The summed E-state index contributed by atoms with van der Waals surface area (Å²) in [7, 11) is 2.79. The minimum absolute atomic E-state index is 0.0652. The Morgan fingerprint density at radius 1 is 1.22 bits per heavy atom. The lowest BCUT2D eigenvalue weighted by Gasteiger charge is -2.31. The van der Waals surface area contributed by atoms with Crippen LogP contribution in [0.3, 0.4) is 0 Å². The van der Waals surface area contributed by atoms with Crippen LogP contribution >= 0.6 is 0 Å². The molecular weight excluding hydrogens is 372 g/mol. The van der Waals surface area contributed by atoms with E-state index in [1.807, 2.05) is 0 Å². The Labute approximate surface area is 159 Å². The number of amides is 2. The Kier molecular flexibility index (Phi) is 6.32. The molecule has 1 fully saturated rings. The molecule has 0 aliphatic carbocycles. The Balaban J connectivity index is 2.30. The Bertz CT molecular complexity index is 823. The number of likely N-dealkylation sites (tertiary alicyclic amines) is 1. The fourth-order valence-corrected chi connectivity index (χ4v) is 3.86. The van der Waals surface area contributed by atoms with E-state index in [0.717, 1.165) is 4.31 Å². The average Bonchev–Trinajstić information content (AvgIpc) is 2.61. The number of carbonyl (C=O) groups excluding carboxylic acids is 1. The number of carboxylic acids is 1. The monoisotopic (exact) mass is 398 g/mol. The van der Waals surface area contributed by atoms with Gasteiger partial charge >= 0.3 is 12.0 Å². The van der Waals surface area contributed by atoms with E-state index >= 15 is 0 Å². The van der Waals surface area contributed by atoms with E-state index in [2.05, 4.69) is 5.32 Å². The predicted octanol–water partition coefficient (Wildman–Crippen LogP) is 1.33. The van der Waals surface area contributed by atoms with Crippen molar-refractivity contribution in [2.24, 2.45) is 5.92 Å². The van der Waals surface area contributed by atoms with Gasteiger partial charge in [0.05, 0.1) is 22.2 Å². The summed E-state index contributed by atoms with van der Waals surface area (Å²) in [6.07, 6.45) is 1.15. The number of aliphatic carboxylic acids is 1. The number of carbonyl (C=O) groups is 2. The van der Waals surface area contributed by atoms with Gasteiger partial charge in [0, 0.05) is 41.3 Å². The molecule has 2 N–H and O–H groups in total. The first kappa shape index (κ1) is 21.0. The first-order valence-corrected chi connectivity index (χ1v) is 10.0. The minimum Gasteiger partial charge on any atom is -0.481 e. The van der Waals surface area contributed by atoms with Crippen LogP contribution in [0.4, 0.5) is 16.2 Å². The van der Waals surface area contributed by atoms with E-state index in [-0.39, 0.29) is 11.4 Å². The van der Waals surface area contributed by atoms with Gasteiger partial charge in [-0.3, -0.25) is 4.79 Å². The Morgan fingerprint density at radius 2 is 1.89 bits per heavy atom. The molecule has 1 aromatic carbocycles. The number of carboxylic acid groups (broad SMARTS) is 1. The summed E-state index contributed by atoms with van der Waals surface area (Å²) >= 11 is 0. The third-order valence-corrected chi connectivity index (χ3v) is 6.34. The lowest BCUT2D eigenvalue weighted by atomic mass is 9.99. The van der Waals surface area contributed by atoms with E-state index in [1.165, 1.54) is 31.1 Å². The first-order valence-electron chi connectivity index (χ1n) is 8.56. The topological polar surface area (TPSA) is 110 Å². The number of sulfonamides is 1. The summed E-state index contributed by atoms with van der Waals surface area (Å²) in [4.78, 5) is 27.1. The number of hydrogen-bond acceptors (Lipinski definition) is 5. The zero-order valence-corrected chi connectivity index (χ0v) is 16.8. The number of benzene rings is 1.